The van der Waals surface area contributed by atoms with Crippen molar-refractivity contribution >= 4 is 10.2 Å². The van der Waals surface area contributed by atoms with Gasteiger partial charge in [-0.15, -0.1) is 0 Å². The Balaban J connectivity index is 2.40. The van der Waals surface area contributed by atoms with Crippen LogP contribution in [-0.4, -0.2) is 63.9 Å². The summed E-state index contributed by atoms with van der Waals surface area (Å²) in [5, 5.41) is 0. The van der Waals surface area contributed by atoms with E-state index in [2.05, 4.69) is 16.5 Å². The maximum atomic E-state index is 11.5. The van der Waals surface area contributed by atoms with Gasteiger partial charge in [-0.2, -0.15) is 12.7 Å². The van der Waals surface area contributed by atoms with Gasteiger partial charge in [0, 0.05) is 39.8 Å². The van der Waals surface area contributed by atoms with Gasteiger partial charge in [-0.3, -0.25) is 0 Å². The molecule has 1 rings (SSSR count). The van der Waals surface area contributed by atoms with Gasteiger partial charge in [0.05, 0.1) is 0 Å². The molecule has 0 aliphatic carbocycles. The van der Waals surface area contributed by atoms with E-state index in [4.69, 9.17) is 5.73 Å². The highest BCUT2D eigenvalue weighted by Gasteiger charge is 2.25. The molecule has 0 aromatic heterocycles. The number of nitrogens with zero attached hydrogens (tertiary/aromatic N) is 2. The van der Waals surface area contributed by atoms with Crippen molar-refractivity contribution in [2.24, 2.45) is 11.7 Å². The van der Waals surface area contributed by atoms with E-state index in [-0.39, 0.29) is 0 Å². The Labute approximate surface area is 98.0 Å². The third-order valence-electron chi connectivity index (χ3n) is 2.90. The molecule has 96 valence electrons. The summed E-state index contributed by atoms with van der Waals surface area (Å²) in [5.74, 6) is 0.465. The molecule has 3 N–H and O–H groups in total. The Kier molecular flexibility index (Phi) is 5.13. The van der Waals surface area contributed by atoms with E-state index in [1.165, 1.54) is 11.4 Å². The maximum Gasteiger partial charge on any atom is 0.279 e. The maximum absolute atomic E-state index is 11.5. The predicted octanol–water partition coefficient (Wildman–Crippen LogP) is -1.34. The number of nitrogens with two attached hydrogens (primary N) is 1. The first kappa shape index (κ1) is 13.9. The zero-order chi connectivity index (χ0) is 12.2. The monoisotopic (exact) mass is 250 g/mol. The average molecular weight is 250 g/mol. The standard InChI is InChI=1S/C9H22N4O2S/c1-9(7-10)8-12-3-5-13(6-4-12)16(14,15)11-2/h9,11H,3-8,10H2,1-2H3. The van der Waals surface area contributed by atoms with Crippen LogP contribution in [0.5, 0.6) is 0 Å². The van der Waals surface area contributed by atoms with Crippen molar-refractivity contribution in [2.75, 3.05) is 46.3 Å². The van der Waals surface area contributed by atoms with Gasteiger partial charge >= 0.3 is 0 Å². The number of piperazine rings is 1. The molecular weight excluding hydrogens is 228 g/mol. The largest absolute Gasteiger partial charge is 0.330 e. The molecule has 0 radical (unpaired) electrons. The van der Waals surface area contributed by atoms with Gasteiger partial charge in [0.25, 0.3) is 10.2 Å². The summed E-state index contributed by atoms with van der Waals surface area (Å²) in [5.41, 5.74) is 5.56. The summed E-state index contributed by atoms with van der Waals surface area (Å²) in [7, 11) is -1.80. The Morgan fingerprint density at radius 1 is 1.31 bits per heavy atom. The molecule has 1 aliphatic rings. The smallest absolute Gasteiger partial charge is 0.279 e. The van der Waals surface area contributed by atoms with Crippen LogP contribution >= 0.6 is 0 Å². The van der Waals surface area contributed by atoms with Crippen molar-refractivity contribution in [1.29, 1.82) is 0 Å². The molecule has 0 bridgehead atoms. The number of rotatable bonds is 5. The lowest BCUT2D eigenvalue weighted by Crippen LogP contribution is -2.52. The molecule has 7 heteroatoms. The summed E-state index contributed by atoms with van der Waals surface area (Å²) in [6.07, 6.45) is 0. The van der Waals surface area contributed by atoms with E-state index in [1.54, 1.807) is 0 Å². The lowest BCUT2D eigenvalue weighted by atomic mass is 10.1. The fourth-order valence-corrected chi connectivity index (χ4v) is 2.70. The Bertz CT molecular complexity index is 299. The Morgan fingerprint density at radius 2 is 1.88 bits per heavy atom. The Morgan fingerprint density at radius 3 is 2.31 bits per heavy atom. The average Bonchev–Trinajstić information content (AvgIpc) is 2.29. The third kappa shape index (κ3) is 3.67. The van der Waals surface area contributed by atoms with Crippen LogP contribution in [-0.2, 0) is 10.2 Å². The van der Waals surface area contributed by atoms with Crippen molar-refractivity contribution in [3.8, 4) is 0 Å². The van der Waals surface area contributed by atoms with Gasteiger partial charge in [-0.1, -0.05) is 6.92 Å². The first-order chi connectivity index (χ1) is 7.49. The van der Waals surface area contributed by atoms with Crippen LogP contribution in [0.4, 0.5) is 0 Å². The van der Waals surface area contributed by atoms with Crippen LogP contribution in [0.25, 0.3) is 0 Å². The minimum atomic E-state index is -3.25. The topological polar surface area (TPSA) is 78.7 Å². The summed E-state index contributed by atoms with van der Waals surface area (Å²) in [6.45, 7) is 6.41. The van der Waals surface area contributed by atoms with Crippen LogP contribution in [0.15, 0.2) is 0 Å². The van der Waals surface area contributed by atoms with E-state index in [1.807, 2.05) is 0 Å². The van der Waals surface area contributed by atoms with Crippen LogP contribution in [0, 0.1) is 5.92 Å². The number of nitrogens with one attached hydrogen (secondary N) is 1. The number of hydrogen-bond acceptors (Lipinski definition) is 4. The van der Waals surface area contributed by atoms with E-state index in [0.29, 0.717) is 25.6 Å². The lowest BCUT2D eigenvalue weighted by molar-refractivity contribution is 0.169. The van der Waals surface area contributed by atoms with Gasteiger partial charge in [-0.25, -0.2) is 4.72 Å². The van der Waals surface area contributed by atoms with Crippen molar-refractivity contribution in [2.45, 2.75) is 6.92 Å². The van der Waals surface area contributed by atoms with E-state index < -0.39 is 10.2 Å². The minimum absolute atomic E-state index is 0.465. The molecule has 1 heterocycles. The van der Waals surface area contributed by atoms with Crippen molar-refractivity contribution in [3.63, 3.8) is 0 Å². The molecule has 0 amide bonds. The SMILES string of the molecule is CNS(=O)(=O)N1CCN(CC(C)CN)CC1. The minimum Gasteiger partial charge on any atom is -0.330 e. The van der Waals surface area contributed by atoms with Crippen molar-refractivity contribution < 1.29 is 8.42 Å². The Hall–Kier alpha value is -0.210. The summed E-state index contributed by atoms with van der Waals surface area (Å²) < 4.78 is 26.9. The van der Waals surface area contributed by atoms with Crippen molar-refractivity contribution in [3.05, 3.63) is 0 Å². The third-order valence-corrected chi connectivity index (χ3v) is 4.46. The van der Waals surface area contributed by atoms with Crippen LogP contribution in [0.2, 0.25) is 0 Å². The molecular formula is C9H22N4O2S. The van der Waals surface area contributed by atoms with Gasteiger partial charge < -0.3 is 10.6 Å². The summed E-state index contributed by atoms with van der Waals surface area (Å²) in [6, 6.07) is 0. The first-order valence-electron chi connectivity index (χ1n) is 5.60. The molecule has 1 aliphatic heterocycles. The van der Waals surface area contributed by atoms with Crippen molar-refractivity contribution in [1.82, 2.24) is 13.9 Å². The summed E-state index contributed by atoms with van der Waals surface area (Å²) in [4.78, 5) is 2.26. The second-order valence-electron chi connectivity index (χ2n) is 4.25. The van der Waals surface area contributed by atoms with Crippen LogP contribution < -0.4 is 10.5 Å². The van der Waals surface area contributed by atoms with Gasteiger partial charge in [0.2, 0.25) is 0 Å². The van der Waals surface area contributed by atoms with Gasteiger partial charge in [0.15, 0.2) is 0 Å². The molecule has 1 saturated heterocycles. The molecule has 1 fully saturated rings. The fourth-order valence-electron chi connectivity index (χ4n) is 1.80. The predicted molar refractivity (Wildman–Crippen MR) is 64.2 cm³/mol. The van der Waals surface area contributed by atoms with Gasteiger partial charge in [-0.05, 0) is 12.5 Å². The second-order valence-corrected chi connectivity index (χ2v) is 6.12. The van der Waals surface area contributed by atoms with E-state index in [9.17, 15) is 8.42 Å². The molecule has 0 saturated carbocycles. The van der Waals surface area contributed by atoms with E-state index >= 15 is 0 Å². The number of hydrogen-bond donors (Lipinski definition) is 2. The second kappa shape index (κ2) is 5.92. The molecule has 1 atom stereocenters. The molecule has 0 aromatic carbocycles. The first-order valence-corrected chi connectivity index (χ1v) is 7.04. The lowest BCUT2D eigenvalue weighted by Gasteiger charge is -2.34. The van der Waals surface area contributed by atoms with E-state index in [0.717, 1.165) is 19.6 Å². The van der Waals surface area contributed by atoms with Crippen LogP contribution in [0.1, 0.15) is 6.92 Å². The highest BCUT2D eigenvalue weighted by Crippen LogP contribution is 2.07. The zero-order valence-corrected chi connectivity index (χ0v) is 10.8. The highest BCUT2D eigenvalue weighted by molar-refractivity contribution is 7.87. The molecule has 0 spiro atoms. The van der Waals surface area contributed by atoms with Gasteiger partial charge in [0.1, 0.15) is 0 Å². The normalized spacial score (nSPS) is 22.2. The molecule has 1 unspecified atom stereocenters. The zero-order valence-electron chi connectivity index (χ0n) is 10.0. The van der Waals surface area contributed by atoms with Crippen LogP contribution in [0.3, 0.4) is 0 Å². The highest BCUT2D eigenvalue weighted by atomic mass is 32.2. The quantitative estimate of drug-likeness (QED) is 0.633. The fraction of sp³-hybridized carbons (Fsp3) is 1.00. The molecule has 6 nitrogen and oxygen atoms in total. The molecule has 16 heavy (non-hydrogen) atoms. The molecule has 0 aromatic rings. The summed E-state index contributed by atoms with van der Waals surface area (Å²) >= 11 is 0.